The first-order valence-corrected chi connectivity index (χ1v) is 7.38. The summed E-state index contributed by atoms with van der Waals surface area (Å²) in [6, 6.07) is 0.391. The van der Waals surface area contributed by atoms with Crippen LogP contribution in [0.15, 0.2) is 6.33 Å². The van der Waals surface area contributed by atoms with Gasteiger partial charge in [-0.25, -0.2) is 4.98 Å². The smallest absolute Gasteiger partial charge is 0.242 e. The Morgan fingerprint density at radius 3 is 2.75 bits per heavy atom. The van der Waals surface area contributed by atoms with E-state index in [4.69, 9.17) is 10.5 Å². The van der Waals surface area contributed by atoms with Gasteiger partial charge in [0.05, 0.1) is 13.2 Å². The van der Waals surface area contributed by atoms with E-state index in [1.165, 1.54) is 25.6 Å². The molecule has 0 unspecified atom stereocenters. The molecule has 6 nitrogen and oxygen atoms in total. The molecule has 112 valence electrons. The number of nitrogens with two attached hydrogens (primary N) is 1. The van der Waals surface area contributed by atoms with Crippen molar-refractivity contribution in [3.8, 4) is 5.88 Å². The van der Waals surface area contributed by atoms with Gasteiger partial charge in [0.2, 0.25) is 5.88 Å². The van der Waals surface area contributed by atoms with Crippen molar-refractivity contribution in [1.82, 2.24) is 9.97 Å². The molecule has 20 heavy (non-hydrogen) atoms. The van der Waals surface area contributed by atoms with Crippen molar-refractivity contribution < 1.29 is 9.84 Å². The lowest BCUT2D eigenvalue weighted by Crippen LogP contribution is -2.40. The van der Waals surface area contributed by atoms with Crippen molar-refractivity contribution in [2.24, 2.45) is 0 Å². The first-order valence-electron chi connectivity index (χ1n) is 7.38. The molecule has 0 saturated heterocycles. The fraction of sp³-hybridized carbons (Fsp3) is 0.714. The van der Waals surface area contributed by atoms with Crippen molar-refractivity contribution >= 4 is 11.5 Å². The van der Waals surface area contributed by atoms with Crippen LogP contribution in [0.25, 0.3) is 0 Å². The predicted octanol–water partition coefficient (Wildman–Crippen LogP) is 1.59. The van der Waals surface area contributed by atoms with Gasteiger partial charge >= 0.3 is 0 Å². The van der Waals surface area contributed by atoms with Gasteiger partial charge in [-0.15, -0.1) is 0 Å². The molecule has 1 aromatic rings. The van der Waals surface area contributed by atoms with E-state index in [9.17, 15) is 5.11 Å². The van der Waals surface area contributed by atoms with E-state index in [2.05, 4.69) is 14.9 Å². The van der Waals surface area contributed by atoms with Crippen molar-refractivity contribution in [1.29, 1.82) is 0 Å². The maximum atomic E-state index is 9.34. The summed E-state index contributed by atoms with van der Waals surface area (Å²) in [5, 5.41) is 9.34. The fourth-order valence-electron chi connectivity index (χ4n) is 2.81. The molecular weight excluding hydrogens is 256 g/mol. The van der Waals surface area contributed by atoms with Crippen molar-refractivity contribution in [2.75, 3.05) is 30.4 Å². The monoisotopic (exact) mass is 280 g/mol. The molecule has 1 fully saturated rings. The van der Waals surface area contributed by atoms with Crippen LogP contribution < -0.4 is 15.4 Å². The van der Waals surface area contributed by atoms with Crippen LogP contribution in [0.5, 0.6) is 5.88 Å². The first-order chi connectivity index (χ1) is 9.77. The molecule has 1 aliphatic carbocycles. The summed E-state index contributed by atoms with van der Waals surface area (Å²) in [6.07, 6.45) is 7.43. The molecule has 0 amide bonds. The number of rotatable bonds is 6. The first kappa shape index (κ1) is 14.8. The molecule has 0 spiro atoms. The molecule has 1 heterocycles. The third-order valence-corrected chi connectivity index (χ3v) is 3.74. The van der Waals surface area contributed by atoms with Gasteiger partial charge in [-0.3, -0.25) is 0 Å². The van der Waals surface area contributed by atoms with Crippen LogP contribution in [-0.2, 0) is 0 Å². The van der Waals surface area contributed by atoms with Crippen LogP contribution in [0, 0.1) is 0 Å². The average Bonchev–Trinajstić information content (AvgIpc) is 2.49. The molecule has 3 N–H and O–H groups in total. The highest BCUT2D eigenvalue weighted by Crippen LogP contribution is 2.32. The number of ether oxygens (including phenoxy) is 1. The Balaban J connectivity index is 2.25. The summed E-state index contributed by atoms with van der Waals surface area (Å²) < 4.78 is 5.43. The second-order valence-corrected chi connectivity index (χ2v) is 5.06. The molecule has 1 aromatic heterocycles. The number of nitrogen functional groups attached to an aromatic ring is 1. The van der Waals surface area contributed by atoms with Gasteiger partial charge in [-0.05, 0) is 19.8 Å². The van der Waals surface area contributed by atoms with Crippen LogP contribution in [0.3, 0.4) is 0 Å². The normalized spacial score (nSPS) is 16.1. The van der Waals surface area contributed by atoms with E-state index < -0.39 is 0 Å². The highest BCUT2D eigenvalue weighted by atomic mass is 16.5. The Kier molecular flexibility index (Phi) is 5.40. The Morgan fingerprint density at radius 2 is 2.10 bits per heavy atom. The molecule has 0 radical (unpaired) electrons. The predicted molar refractivity (Wildman–Crippen MR) is 78.9 cm³/mol. The number of hydrogen-bond donors (Lipinski definition) is 2. The lowest BCUT2D eigenvalue weighted by atomic mass is 9.94. The summed E-state index contributed by atoms with van der Waals surface area (Å²) >= 11 is 0. The Morgan fingerprint density at radius 1 is 1.35 bits per heavy atom. The van der Waals surface area contributed by atoms with E-state index in [1.54, 1.807) is 0 Å². The largest absolute Gasteiger partial charge is 0.476 e. The number of aliphatic hydroxyl groups is 1. The van der Waals surface area contributed by atoms with E-state index in [0.717, 1.165) is 12.8 Å². The van der Waals surface area contributed by atoms with Gasteiger partial charge in [0.25, 0.3) is 0 Å². The number of nitrogens with zero attached hydrogens (tertiary/aromatic N) is 3. The van der Waals surface area contributed by atoms with Gasteiger partial charge in [0.15, 0.2) is 5.82 Å². The zero-order chi connectivity index (χ0) is 14.4. The van der Waals surface area contributed by atoms with Crippen LogP contribution >= 0.6 is 0 Å². The molecule has 1 saturated carbocycles. The van der Waals surface area contributed by atoms with E-state index in [1.807, 2.05) is 6.92 Å². The molecule has 2 rings (SSSR count). The third kappa shape index (κ3) is 3.30. The van der Waals surface area contributed by atoms with Gasteiger partial charge in [0, 0.05) is 12.6 Å². The Labute approximate surface area is 120 Å². The minimum atomic E-state index is 0.0872. The SMILES string of the molecule is CCOc1ncnc(N(CCO)C2CCCCC2)c1N. The lowest BCUT2D eigenvalue weighted by Gasteiger charge is -2.35. The van der Waals surface area contributed by atoms with Crippen LogP contribution in [0.4, 0.5) is 11.5 Å². The standard InChI is InChI=1S/C14H24N4O2/c1-2-20-14-12(15)13(16-10-17-14)18(8-9-19)11-6-4-3-5-7-11/h10-11,19H,2-9,15H2,1H3. The molecule has 1 aliphatic rings. The van der Waals surface area contributed by atoms with Crippen molar-refractivity contribution in [3.05, 3.63) is 6.33 Å². The summed E-state index contributed by atoms with van der Waals surface area (Å²) in [5.74, 6) is 1.11. The topological polar surface area (TPSA) is 84.5 Å². The molecule has 0 aliphatic heterocycles. The lowest BCUT2D eigenvalue weighted by molar-refractivity contribution is 0.289. The van der Waals surface area contributed by atoms with Crippen LogP contribution in [0.1, 0.15) is 39.0 Å². The number of hydrogen-bond acceptors (Lipinski definition) is 6. The van der Waals surface area contributed by atoms with E-state index >= 15 is 0 Å². The maximum Gasteiger partial charge on any atom is 0.242 e. The van der Waals surface area contributed by atoms with Crippen LogP contribution in [0.2, 0.25) is 0 Å². The van der Waals surface area contributed by atoms with Gasteiger partial charge in [0.1, 0.15) is 12.0 Å². The third-order valence-electron chi connectivity index (χ3n) is 3.74. The van der Waals surface area contributed by atoms with Gasteiger partial charge in [-0.1, -0.05) is 19.3 Å². The second kappa shape index (κ2) is 7.28. The highest BCUT2D eigenvalue weighted by molar-refractivity contribution is 5.68. The molecule has 0 bridgehead atoms. The number of aliphatic hydroxyl groups excluding tert-OH is 1. The average molecular weight is 280 g/mol. The van der Waals surface area contributed by atoms with Crippen molar-refractivity contribution in [2.45, 2.75) is 45.1 Å². The molecular formula is C14H24N4O2. The summed E-state index contributed by atoms with van der Waals surface area (Å²) in [7, 11) is 0. The summed E-state index contributed by atoms with van der Waals surface area (Å²) in [4.78, 5) is 10.5. The quantitative estimate of drug-likeness (QED) is 0.823. The minimum absolute atomic E-state index is 0.0872. The zero-order valence-electron chi connectivity index (χ0n) is 12.1. The second-order valence-electron chi connectivity index (χ2n) is 5.06. The molecule has 6 heteroatoms. The maximum absolute atomic E-state index is 9.34. The van der Waals surface area contributed by atoms with E-state index in [0.29, 0.717) is 36.6 Å². The molecule has 0 atom stereocenters. The summed E-state index contributed by atoms with van der Waals surface area (Å²) in [6.45, 7) is 3.04. The van der Waals surface area contributed by atoms with Crippen molar-refractivity contribution in [3.63, 3.8) is 0 Å². The minimum Gasteiger partial charge on any atom is -0.476 e. The number of aromatic nitrogens is 2. The van der Waals surface area contributed by atoms with Gasteiger partial charge in [-0.2, -0.15) is 4.98 Å². The Bertz CT molecular complexity index is 422. The van der Waals surface area contributed by atoms with Crippen LogP contribution in [-0.4, -0.2) is 40.9 Å². The zero-order valence-corrected chi connectivity index (χ0v) is 12.1. The fourth-order valence-corrected chi connectivity index (χ4v) is 2.81. The highest BCUT2D eigenvalue weighted by Gasteiger charge is 2.25. The number of anilines is 2. The van der Waals surface area contributed by atoms with E-state index in [-0.39, 0.29) is 6.61 Å². The molecule has 0 aromatic carbocycles. The summed E-state index contributed by atoms with van der Waals surface area (Å²) in [5.41, 5.74) is 6.60. The van der Waals surface area contributed by atoms with Gasteiger partial charge < -0.3 is 20.5 Å². The Hall–Kier alpha value is -1.56.